The van der Waals surface area contributed by atoms with Crippen molar-refractivity contribution in [3.05, 3.63) is 35.9 Å². The van der Waals surface area contributed by atoms with Crippen molar-refractivity contribution in [1.29, 1.82) is 5.26 Å². The molecule has 2 N–H and O–H groups in total. The number of nitrogen functional groups attached to an aromatic ring is 1. The summed E-state index contributed by atoms with van der Waals surface area (Å²) in [4.78, 5) is 0. The summed E-state index contributed by atoms with van der Waals surface area (Å²) in [7, 11) is 0. The van der Waals surface area contributed by atoms with Crippen LogP contribution in [0.3, 0.4) is 0 Å². The number of rotatable bonds is 2. The largest absolute Gasteiger partial charge is 0.399 e. The highest BCUT2D eigenvalue weighted by Crippen LogP contribution is 2.08. The highest BCUT2D eigenvalue weighted by Gasteiger charge is 1.86. The van der Waals surface area contributed by atoms with Crippen LogP contribution in [0.5, 0.6) is 0 Å². The first-order valence-corrected chi connectivity index (χ1v) is 3.72. The summed E-state index contributed by atoms with van der Waals surface area (Å²) in [5, 5.41) is 8.27. The van der Waals surface area contributed by atoms with Crippen LogP contribution in [0.2, 0.25) is 0 Å². The van der Waals surface area contributed by atoms with Crippen molar-refractivity contribution in [1.82, 2.24) is 0 Å². The van der Waals surface area contributed by atoms with Crippen molar-refractivity contribution in [3.8, 4) is 6.07 Å². The minimum Gasteiger partial charge on any atom is -0.399 e. The highest BCUT2D eigenvalue weighted by atomic mass is 14.5. The number of anilines is 1. The third-order valence-electron chi connectivity index (χ3n) is 1.43. The number of nitrogens with zero attached hydrogens (tertiary/aromatic N) is 1. The van der Waals surface area contributed by atoms with E-state index >= 15 is 0 Å². The molecule has 0 aliphatic rings. The predicted octanol–water partition coefficient (Wildman–Crippen LogP) is 2.20. The lowest BCUT2D eigenvalue weighted by Gasteiger charge is -1.93. The van der Waals surface area contributed by atoms with Crippen molar-refractivity contribution in [2.75, 3.05) is 5.73 Å². The molecule has 12 heavy (non-hydrogen) atoms. The Morgan fingerprint density at radius 1 is 1.50 bits per heavy atom. The molecular weight excluding hydrogens is 148 g/mol. The van der Waals surface area contributed by atoms with Gasteiger partial charge in [-0.25, -0.2) is 0 Å². The standard InChI is InChI=1S/C10H10N2/c11-7-2-1-4-9-5-3-6-10(12)8-9/h1,3-6,8H,2,12H2. The van der Waals surface area contributed by atoms with E-state index < -0.39 is 0 Å². The fourth-order valence-electron chi connectivity index (χ4n) is 0.910. The molecule has 1 aromatic carbocycles. The van der Waals surface area contributed by atoms with Crippen LogP contribution in [0.1, 0.15) is 12.0 Å². The second kappa shape index (κ2) is 4.20. The van der Waals surface area contributed by atoms with Crippen LogP contribution in [0.4, 0.5) is 5.69 Å². The summed E-state index contributed by atoms with van der Waals surface area (Å²) < 4.78 is 0. The Morgan fingerprint density at radius 2 is 2.33 bits per heavy atom. The van der Waals surface area contributed by atoms with Crippen LogP contribution in [0, 0.1) is 11.3 Å². The van der Waals surface area contributed by atoms with Crippen molar-refractivity contribution in [2.45, 2.75) is 6.42 Å². The van der Waals surface area contributed by atoms with Gasteiger partial charge in [0.25, 0.3) is 0 Å². The molecule has 0 heterocycles. The molecular formula is C10H10N2. The fourth-order valence-corrected chi connectivity index (χ4v) is 0.910. The summed E-state index contributed by atoms with van der Waals surface area (Å²) in [6, 6.07) is 9.58. The van der Waals surface area contributed by atoms with Crippen molar-refractivity contribution in [3.63, 3.8) is 0 Å². The first-order valence-electron chi connectivity index (χ1n) is 3.72. The van der Waals surface area contributed by atoms with Crippen LogP contribution >= 0.6 is 0 Å². The molecule has 1 rings (SSSR count). The minimum absolute atomic E-state index is 0.439. The van der Waals surface area contributed by atoms with E-state index in [2.05, 4.69) is 0 Å². The summed E-state index contributed by atoms with van der Waals surface area (Å²) in [5.41, 5.74) is 7.34. The van der Waals surface area contributed by atoms with Crippen LogP contribution in [0.25, 0.3) is 6.08 Å². The molecule has 0 spiro atoms. The van der Waals surface area contributed by atoms with E-state index in [9.17, 15) is 0 Å². The van der Waals surface area contributed by atoms with Crippen molar-refractivity contribution < 1.29 is 0 Å². The van der Waals surface area contributed by atoms with E-state index in [0.29, 0.717) is 6.42 Å². The minimum atomic E-state index is 0.439. The third kappa shape index (κ3) is 2.47. The molecule has 60 valence electrons. The Balaban J connectivity index is 2.71. The molecule has 0 aromatic heterocycles. The number of nitrogens with two attached hydrogens (primary N) is 1. The monoisotopic (exact) mass is 158 g/mol. The second-order valence-electron chi connectivity index (χ2n) is 2.43. The number of benzene rings is 1. The van der Waals surface area contributed by atoms with Crippen LogP contribution in [0.15, 0.2) is 30.3 Å². The van der Waals surface area contributed by atoms with Gasteiger partial charge in [0.05, 0.1) is 12.5 Å². The zero-order chi connectivity index (χ0) is 8.81. The molecule has 0 aliphatic carbocycles. The molecule has 2 heteroatoms. The van der Waals surface area contributed by atoms with Crippen molar-refractivity contribution in [2.24, 2.45) is 0 Å². The van der Waals surface area contributed by atoms with Gasteiger partial charge in [0.1, 0.15) is 0 Å². The van der Waals surface area contributed by atoms with Crippen LogP contribution < -0.4 is 5.73 Å². The molecule has 0 bridgehead atoms. The fraction of sp³-hybridized carbons (Fsp3) is 0.100. The van der Waals surface area contributed by atoms with Gasteiger partial charge in [0.15, 0.2) is 0 Å². The first kappa shape index (κ1) is 8.35. The molecule has 0 atom stereocenters. The van der Waals surface area contributed by atoms with Crippen LogP contribution in [-0.2, 0) is 0 Å². The quantitative estimate of drug-likeness (QED) is 0.671. The average Bonchev–Trinajstić information content (AvgIpc) is 2.05. The Morgan fingerprint density at radius 3 is 3.00 bits per heavy atom. The molecule has 0 fully saturated rings. The Labute approximate surface area is 71.9 Å². The molecule has 2 nitrogen and oxygen atoms in total. The highest BCUT2D eigenvalue weighted by molar-refractivity contribution is 5.55. The van der Waals surface area contributed by atoms with E-state index in [1.165, 1.54) is 0 Å². The van der Waals surface area contributed by atoms with E-state index in [1.807, 2.05) is 42.5 Å². The SMILES string of the molecule is N#CCC=Cc1cccc(N)c1. The van der Waals surface area contributed by atoms with Crippen LogP contribution in [-0.4, -0.2) is 0 Å². The van der Waals surface area contributed by atoms with Gasteiger partial charge < -0.3 is 5.73 Å². The lowest BCUT2D eigenvalue weighted by molar-refractivity contribution is 1.36. The van der Waals surface area contributed by atoms with Gasteiger partial charge in [0.2, 0.25) is 0 Å². The molecule has 0 radical (unpaired) electrons. The lowest BCUT2D eigenvalue weighted by atomic mass is 10.2. The van der Waals surface area contributed by atoms with E-state index in [0.717, 1.165) is 11.3 Å². The number of hydrogen-bond acceptors (Lipinski definition) is 2. The Hall–Kier alpha value is -1.75. The molecule has 1 aromatic rings. The van der Waals surface area contributed by atoms with Gasteiger partial charge in [-0.15, -0.1) is 0 Å². The number of hydrogen-bond donors (Lipinski definition) is 1. The van der Waals surface area contributed by atoms with Gasteiger partial charge in [-0.05, 0) is 17.7 Å². The molecule has 0 saturated heterocycles. The zero-order valence-corrected chi connectivity index (χ0v) is 6.70. The number of nitriles is 1. The maximum Gasteiger partial charge on any atom is 0.0663 e. The van der Waals surface area contributed by atoms with Gasteiger partial charge >= 0.3 is 0 Å². The third-order valence-corrected chi connectivity index (χ3v) is 1.43. The summed E-state index contributed by atoms with van der Waals surface area (Å²) in [6.07, 6.45) is 4.14. The smallest absolute Gasteiger partial charge is 0.0663 e. The lowest BCUT2D eigenvalue weighted by Crippen LogP contribution is -1.83. The number of allylic oxidation sites excluding steroid dienone is 1. The first-order chi connectivity index (χ1) is 5.83. The molecule has 0 aliphatic heterocycles. The predicted molar refractivity (Wildman–Crippen MR) is 50.1 cm³/mol. The maximum absolute atomic E-state index is 8.27. The average molecular weight is 158 g/mol. The zero-order valence-electron chi connectivity index (χ0n) is 6.70. The van der Waals surface area contributed by atoms with E-state index in [1.54, 1.807) is 0 Å². The van der Waals surface area contributed by atoms with E-state index in [-0.39, 0.29) is 0 Å². The Bertz CT molecular complexity index is 321. The van der Waals surface area contributed by atoms with Crippen molar-refractivity contribution >= 4 is 11.8 Å². The van der Waals surface area contributed by atoms with Gasteiger partial charge in [-0.2, -0.15) is 5.26 Å². The summed E-state index contributed by atoms with van der Waals surface area (Å²) in [5.74, 6) is 0. The van der Waals surface area contributed by atoms with E-state index in [4.69, 9.17) is 11.0 Å². The maximum atomic E-state index is 8.27. The Kier molecular flexibility index (Phi) is 2.92. The summed E-state index contributed by atoms with van der Waals surface area (Å²) >= 11 is 0. The normalized spacial score (nSPS) is 9.92. The molecule has 0 saturated carbocycles. The van der Waals surface area contributed by atoms with Gasteiger partial charge in [-0.1, -0.05) is 24.3 Å². The molecule has 0 amide bonds. The molecule has 0 unspecified atom stereocenters. The summed E-state index contributed by atoms with van der Waals surface area (Å²) in [6.45, 7) is 0. The second-order valence-corrected chi connectivity index (χ2v) is 2.43. The topological polar surface area (TPSA) is 49.8 Å². The van der Waals surface area contributed by atoms with Gasteiger partial charge in [-0.3, -0.25) is 0 Å². The van der Waals surface area contributed by atoms with Gasteiger partial charge in [0, 0.05) is 5.69 Å².